The zero-order chi connectivity index (χ0) is 20.3. The first-order valence-electron chi connectivity index (χ1n) is 8.92. The van der Waals surface area contributed by atoms with Crippen molar-refractivity contribution in [2.24, 2.45) is 0 Å². The van der Waals surface area contributed by atoms with E-state index >= 15 is 0 Å². The van der Waals surface area contributed by atoms with E-state index in [0.29, 0.717) is 43.4 Å². The van der Waals surface area contributed by atoms with Gasteiger partial charge in [-0.1, -0.05) is 5.16 Å². The molecule has 1 fully saturated rings. The number of morpholine rings is 1. The number of hydrogen-bond donors (Lipinski definition) is 0. The van der Waals surface area contributed by atoms with Crippen LogP contribution in [0.25, 0.3) is 11.4 Å². The second-order valence-electron chi connectivity index (χ2n) is 6.30. The SMILES string of the molecule is O=S(=O)(c1ccc(-c2noc(COc3ccc(F)cc3)n2)cc1)N1CCOCC1. The van der Waals surface area contributed by atoms with Crippen LogP contribution >= 0.6 is 0 Å². The molecule has 0 aliphatic carbocycles. The maximum Gasteiger partial charge on any atom is 0.264 e. The topological polar surface area (TPSA) is 94.8 Å². The lowest BCUT2D eigenvalue weighted by molar-refractivity contribution is 0.0730. The molecule has 8 nitrogen and oxygen atoms in total. The Kier molecular flexibility index (Phi) is 5.56. The van der Waals surface area contributed by atoms with Crippen molar-refractivity contribution < 1.29 is 26.8 Å². The third-order valence-corrected chi connectivity index (χ3v) is 6.28. The number of aromatic nitrogens is 2. The maximum absolute atomic E-state index is 12.9. The molecule has 3 aromatic rings. The lowest BCUT2D eigenvalue weighted by Crippen LogP contribution is -2.40. The van der Waals surface area contributed by atoms with E-state index in [2.05, 4.69) is 10.1 Å². The van der Waals surface area contributed by atoms with Gasteiger partial charge >= 0.3 is 0 Å². The van der Waals surface area contributed by atoms with Gasteiger partial charge in [0.15, 0.2) is 6.61 Å². The van der Waals surface area contributed by atoms with Gasteiger partial charge in [-0.05, 0) is 48.5 Å². The van der Waals surface area contributed by atoms with E-state index in [0.717, 1.165) is 0 Å². The molecular weight excluding hydrogens is 401 g/mol. The van der Waals surface area contributed by atoms with E-state index in [9.17, 15) is 12.8 Å². The number of hydrogen-bond acceptors (Lipinski definition) is 7. The van der Waals surface area contributed by atoms with E-state index in [4.69, 9.17) is 14.0 Å². The molecule has 0 atom stereocenters. The second-order valence-corrected chi connectivity index (χ2v) is 8.23. The highest BCUT2D eigenvalue weighted by molar-refractivity contribution is 7.89. The number of sulfonamides is 1. The molecule has 152 valence electrons. The van der Waals surface area contributed by atoms with Gasteiger partial charge in [-0.2, -0.15) is 9.29 Å². The van der Waals surface area contributed by atoms with Crippen LogP contribution in [0.3, 0.4) is 0 Å². The van der Waals surface area contributed by atoms with Crippen LogP contribution in [0.5, 0.6) is 5.75 Å². The molecule has 0 saturated carbocycles. The summed E-state index contributed by atoms with van der Waals surface area (Å²) in [5, 5.41) is 3.89. The van der Waals surface area contributed by atoms with Crippen LogP contribution in [0.1, 0.15) is 5.89 Å². The molecular formula is C19H18FN3O5S. The van der Waals surface area contributed by atoms with Crippen molar-refractivity contribution in [1.29, 1.82) is 0 Å². The first-order chi connectivity index (χ1) is 14.0. The summed E-state index contributed by atoms with van der Waals surface area (Å²) >= 11 is 0. The lowest BCUT2D eigenvalue weighted by Gasteiger charge is -2.26. The van der Waals surface area contributed by atoms with E-state index < -0.39 is 10.0 Å². The Labute approximate surface area is 166 Å². The molecule has 1 aliphatic heterocycles. The van der Waals surface area contributed by atoms with Crippen molar-refractivity contribution in [1.82, 2.24) is 14.4 Å². The maximum atomic E-state index is 12.9. The molecule has 0 unspecified atom stereocenters. The van der Waals surface area contributed by atoms with Crippen LogP contribution in [-0.4, -0.2) is 49.2 Å². The summed E-state index contributed by atoms with van der Waals surface area (Å²) in [5.41, 5.74) is 0.614. The van der Waals surface area contributed by atoms with Crippen LogP contribution in [0.15, 0.2) is 57.9 Å². The standard InChI is InChI=1S/C19H18FN3O5S/c20-15-3-5-16(6-4-15)27-13-18-21-19(22-28-18)14-1-7-17(8-2-14)29(24,25)23-9-11-26-12-10-23/h1-8H,9-13H2. The molecule has 1 aliphatic rings. The van der Waals surface area contributed by atoms with Crippen LogP contribution in [-0.2, 0) is 21.4 Å². The van der Waals surface area contributed by atoms with Crippen molar-refractivity contribution in [3.63, 3.8) is 0 Å². The quantitative estimate of drug-likeness (QED) is 0.606. The minimum atomic E-state index is -3.56. The highest BCUT2D eigenvalue weighted by Crippen LogP contribution is 2.22. The molecule has 0 radical (unpaired) electrons. The fourth-order valence-electron chi connectivity index (χ4n) is 2.82. The number of ether oxygens (including phenoxy) is 2. The van der Waals surface area contributed by atoms with E-state index in [-0.39, 0.29) is 23.2 Å². The molecule has 2 heterocycles. The average Bonchev–Trinajstić information content (AvgIpc) is 3.23. The fraction of sp³-hybridized carbons (Fsp3) is 0.263. The Bertz CT molecular complexity index is 1060. The largest absolute Gasteiger partial charge is 0.484 e. The summed E-state index contributed by atoms with van der Waals surface area (Å²) in [6.07, 6.45) is 0. The van der Waals surface area contributed by atoms with E-state index in [1.807, 2.05) is 0 Å². The third-order valence-electron chi connectivity index (χ3n) is 4.36. The van der Waals surface area contributed by atoms with E-state index in [1.165, 1.54) is 40.7 Å². The Morgan fingerprint density at radius 2 is 1.72 bits per heavy atom. The second kappa shape index (κ2) is 8.27. The van der Waals surface area contributed by atoms with Crippen molar-refractivity contribution in [2.45, 2.75) is 11.5 Å². The van der Waals surface area contributed by atoms with E-state index in [1.54, 1.807) is 12.1 Å². The van der Waals surface area contributed by atoms with Crippen molar-refractivity contribution in [3.05, 3.63) is 60.2 Å². The molecule has 0 spiro atoms. The van der Waals surface area contributed by atoms with Gasteiger partial charge in [0.25, 0.3) is 5.89 Å². The molecule has 10 heteroatoms. The lowest BCUT2D eigenvalue weighted by atomic mass is 10.2. The first-order valence-corrected chi connectivity index (χ1v) is 10.4. The van der Waals surface area contributed by atoms with Crippen molar-refractivity contribution in [3.8, 4) is 17.1 Å². The zero-order valence-corrected chi connectivity index (χ0v) is 16.1. The summed E-state index contributed by atoms with van der Waals surface area (Å²) in [4.78, 5) is 4.44. The molecule has 4 rings (SSSR count). The fourth-order valence-corrected chi connectivity index (χ4v) is 4.23. The van der Waals surface area contributed by atoms with Gasteiger partial charge in [0, 0.05) is 18.7 Å². The number of halogens is 1. The van der Waals surface area contributed by atoms with Gasteiger partial charge in [0.1, 0.15) is 11.6 Å². The Balaban J connectivity index is 1.43. The minimum Gasteiger partial charge on any atom is -0.484 e. The molecule has 0 bridgehead atoms. The third kappa shape index (κ3) is 4.44. The minimum absolute atomic E-state index is 0.0299. The summed E-state index contributed by atoms with van der Waals surface area (Å²) < 4.78 is 55.5. The first kappa shape index (κ1) is 19.5. The molecule has 0 N–H and O–H groups in total. The number of rotatable bonds is 6. The van der Waals surface area contributed by atoms with Crippen molar-refractivity contribution >= 4 is 10.0 Å². The Morgan fingerprint density at radius 3 is 2.41 bits per heavy atom. The normalized spacial score (nSPS) is 15.3. The highest BCUT2D eigenvalue weighted by Gasteiger charge is 2.26. The highest BCUT2D eigenvalue weighted by atomic mass is 32.2. The average molecular weight is 419 g/mol. The monoisotopic (exact) mass is 419 g/mol. The van der Waals surface area contributed by atoms with Crippen LogP contribution < -0.4 is 4.74 Å². The molecule has 0 amide bonds. The van der Waals surface area contributed by atoms with Gasteiger partial charge in [0.2, 0.25) is 15.8 Å². The summed E-state index contributed by atoms with van der Waals surface area (Å²) in [6.45, 7) is 1.49. The smallest absolute Gasteiger partial charge is 0.264 e. The van der Waals surface area contributed by atoms with Crippen LogP contribution in [0, 0.1) is 5.82 Å². The van der Waals surface area contributed by atoms with Gasteiger partial charge in [-0.15, -0.1) is 0 Å². The van der Waals surface area contributed by atoms with Crippen LogP contribution in [0.2, 0.25) is 0 Å². The summed E-state index contributed by atoms with van der Waals surface area (Å²) in [6, 6.07) is 11.9. The molecule has 1 saturated heterocycles. The predicted octanol–water partition coefficient (Wildman–Crippen LogP) is 2.48. The van der Waals surface area contributed by atoms with Crippen LogP contribution in [0.4, 0.5) is 4.39 Å². The van der Waals surface area contributed by atoms with Gasteiger partial charge in [-0.3, -0.25) is 0 Å². The summed E-state index contributed by atoms with van der Waals surface area (Å²) in [5.74, 6) is 0.688. The predicted molar refractivity (Wildman–Crippen MR) is 100 cm³/mol. The zero-order valence-electron chi connectivity index (χ0n) is 15.3. The molecule has 2 aromatic carbocycles. The number of nitrogens with zero attached hydrogens (tertiary/aromatic N) is 3. The molecule has 29 heavy (non-hydrogen) atoms. The summed E-state index contributed by atoms with van der Waals surface area (Å²) in [7, 11) is -3.56. The van der Waals surface area contributed by atoms with Gasteiger partial charge < -0.3 is 14.0 Å². The molecule has 1 aromatic heterocycles. The Hall–Kier alpha value is -2.82. The Morgan fingerprint density at radius 1 is 1.03 bits per heavy atom. The van der Waals surface area contributed by atoms with Crippen molar-refractivity contribution in [2.75, 3.05) is 26.3 Å². The number of benzene rings is 2. The van der Waals surface area contributed by atoms with Gasteiger partial charge in [0.05, 0.1) is 18.1 Å². The van der Waals surface area contributed by atoms with Gasteiger partial charge in [-0.25, -0.2) is 12.8 Å².